The van der Waals surface area contributed by atoms with Crippen molar-refractivity contribution in [2.75, 3.05) is 60.0 Å². The number of rotatable bonds is 15. The zero-order valence-electron chi connectivity index (χ0n) is 65.9. The first-order chi connectivity index (χ1) is 49.9. The number of halogens is 2. The summed E-state index contributed by atoms with van der Waals surface area (Å²) >= 11 is 3.39. The summed E-state index contributed by atoms with van der Waals surface area (Å²) < 4.78 is 73.9. The molecule has 0 aromatic carbocycles. The summed E-state index contributed by atoms with van der Waals surface area (Å²) in [6.45, 7) is 31.1. The zero-order valence-corrected chi connectivity index (χ0v) is 69.9. The van der Waals surface area contributed by atoms with Gasteiger partial charge in [-0.1, -0.05) is 24.3 Å². The molecule has 0 radical (unpaired) electrons. The van der Waals surface area contributed by atoms with E-state index in [4.69, 9.17) is 72.3 Å². The molecule has 4 aliphatic carbocycles. The molecule has 3 amide bonds. The summed E-state index contributed by atoms with van der Waals surface area (Å²) in [5.41, 5.74) is 9.77. The van der Waals surface area contributed by atoms with Crippen molar-refractivity contribution in [2.24, 2.45) is 5.73 Å². The van der Waals surface area contributed by atoms with Gasteiger partial charge in [0.1, 0.15) is 41.2 Å². The van der Waals surface area contributed by atoms with Gasteiger partial charge in [0.2, 0.25) is 23.5 Å². The number of nitrogens with one attached hydrogen (secondary N) is 3. The number of nitrogens with zero attached hydrogens (tertiary/aromatic N) is 4. The Morgan fingerprint density at radius 2 is 0.861 bits per heavy atom. The smallest absolute Gasteiger partial charge is 0.474 e. The van der Waals surface area contributed by atoms with E-state index in [-0.39, 0.29) is 119 Å². The van der Waals surface area contributed by atoms with Gasteiger partial charge in [-0.25, -0.2) is 34.3 Å². The molecule has 29 heteroatoms. The summed E-state index contributed by atoms with van der Waals surface area (Å²) in [6.07, 6.45) is 23.0. The molecule has 0 spiro atoms. The van der Waals surface area contributed by atoms with E-state index < -0.39 is 16.8 Å². The van der Waals surface area contributed by atoms with Crippen molar-refractivity contribution in [3.63, 3.8) is 0 Å². The van der Waals surface area contributed by atoms with Crippen LogP contribution in [0.4, 0.5) is 14.4 Å². The molecule has 0 unspecified atom stereocenters. The maximum atomic E-state index is 11.8. The minimum absolute atomic E-state index is 0. The standard InChI is InChI=1S/C19H28N2O4.C19H26N2O4.C14H19BrN2O3.C14H20N2O2.C11H19BO3.CH4O.CH3.ClH.Pd/c2*1-19(2,3)25-18(22)21-14-11-15(12-14)24-17-16(5-4-8-20-17)13-6-9-23-10-7-13;1-14(2,3)20-13(18)17-9-7-10(8-9)19-12-11(15)5-4-6-16-12;15-11-8-12(9-11)18-14-13(2-1-5-16-14)10-3-6-17-7-4-10;1-10(2)11(3,4)15-12(14-10)9-5-7-13-8-6-9;1-2;;;/h4-5,8,13-15H,6-7,9-12H2,1-3H3,(H,21,22);4-6,8,14-15H,7,9-12H2,1-3H3,(H,21,22);4-6,9-10H,7-8H2,1-3H3,(H,17,18);1-2,5,10-12H,3-4,6-9,15H2;5H,6-8H2,1-4H3;2H,1H3;1H3;1H;/q;;;;;;-1;;. The van der Waals surface area contributed by atoms with E-state index in [1.165, 1.54) is 22.2 Å². The van der Waals surface area contributed by atoms with Crippen LogP contribution in [-0.2, 0) is 62.9 Å². The number of nitrogens with two attached hydrogens (primary N) is 1. The van der Waals surface area contributed by atoms with Crippen molar-refractivity contribution >= 4 is 59.3 Å². The Balaban J connectivity index is 0.000000241. The van der Waals surface area contributed by atoms with E-state index in [1.54, 1.807) is 24.8 Å². The molecule has 5 aliphatic heterocycles. The summed E-state index contributed by atoms with van der Waals surface area (Å²) in [6, 6.07) is 16.5. The molecule has 7 fully saturated rings. The van der Waals surface area contributed by atoms with E-state index in [0.29, 0.717) is 42.9 Å². The number of alkyl carbamates (subject to hydrolysis) is 3. The second kappa shape index (κ2) is 43.9. The summed E-state index contributed by atoms with van der Waals surface area (Å²) in [7, 11) is 0.818. The minimum atomic E-state index is -0.482. The van der Waals surface area contributed by atoms with E-state index >= 15 is 0 Å². The van der Waals surface area contributed by atoms with E-state index in [9.17, 15) is 14.4 Å². The SMILES string of the molecule is CC(C)(C)OC(=O)NC1CC(Oc2ncccc2Br)C1.CC(C)(C)OC(=O)NC1CC(Oc2ncccc2C2=CCOCC2)C1.CC(C)(C)OC(=O)NC1CC(Oc2ncccc2C2CCOCC2)C1.CC1(C)OB(C2=CCOCC2)OC1(C)C.CO.Cl.NC1CC(Oc2ncccc2C2CCOCC2)C1.[CH3-].[Pd]. The van der Waals surface area contributed by atoms with Crippen LogP contribution in [0.5, 0.6) is 23.5 Å². The van der Waals surface area contributed by atoms with Gasteiger partial charge >= 0.3 is 25.4 Å². The van der Waals surface area contributed by atoms with Crippen LogP contribution in [0.25, 0.3) is 5.57 Å². The minimum Gasteiger partial charge on any atom is -0.474 e. The zero-order chi connectivity index (χ0) is 76.0. The van der Waals surface area contributed by atoms with Gasteiger partial charge in [0.15, 0.2) is 0 Å². The van der Waals surface area contributed by atoms with Gasteiger partial charge in [-0.2, -0.15) is 0 Å². The molecule has 4 aromatic heterocycles. The molecule has 6 N–H and O–H groups in total. The number of ether oxygens (including phenoxy) is 11. The maximum absolute atomic E-state index is 11.8. The third kappa shape index (κ3) is 30.4. The molecule has 0 bridgehead atoms. The number of pyridine rings is 4. The van der Waals surface area contributed by atoms with Gasteiger partial charge in [0.05, 0.1) is 42.1 Å². The van der Waals surface area contributed by atoms with Crippen LogP contribution in [0.15, 0.2) is 95.4 Å². The molecule has 9 heterocycles. The van der Waals surface area contributed by atoms with Crippen molar-refractivity contribution in [1.29, 1.82) is 0 Å². The Morgan fingerprint density at radius 3 is 1.23 bits per heavy atom. The summed E-state index contributed by atoms with van der Waals surface area (Å²) in [5.74, 6) is 3.77. The monoisotopic (exact) mass is 1680 g/mol. The third-order valence-electron chi connectivity index (χ3n) is 19.0. The predicted molar refractivity (Wildman–Crippen MR) is 417 cm³/mol. The van der Waals surface area contributed by atoms with Gasteiger partial charge in [-0.05, 0) is 217 Å². The maximum Gasteiger partial charge on any atom is 0.490 e. The van der Waals surface area contributed by atoms with Crippen LogP contribution in [0.2, 0.25) is 0 Å². The first-order valence-corrected chi connectivity index (χ1v) is 38.0. The largest absolute Gasteiger partial charge is 0.490 e. The van der Waals surface area contributed by atoms with Crippen molar-refractivity contribution in [1.82, 2.24) is 35.9 Å². The van der Waals surface area contributed by atoms with E-state index in [0.717, 1.165) is 158 Å². The predicted octanol–water partition coefficient (Wildman–Crippen LogP) is 14.3. The van der Waals surface area contributed by atoms with Crippen LogP contribution < -0.4 is 40.6 Å². The summed E-state index contributed by atoms with van der Waals surface area (Å²) in [5, 5.41) is 15.6. The third-order valence-corrected chi connectivity index (χ3v) is 19.6. The van der Waals surface area contributed by atoms with Gasteiger partial charge in [0.25, 0.3) is 0 Å². The van der Waals surface area contributed by atoms with Gasteiger partial charge in [-0.15, -0.1) is 12.4 Å². The van der Waals surface area contributed by atoms with E-state index in [1.807, 2.05) is 98.7 Å². The quantitative estimate of drug-likeness (QED) is 0.0419. The number of hydrogen-bond donors (Lipinski definition) is 5. The van der Waals surface area contributed by atoms with Crippen molar-refractivity contribution in [2.45, 2.75) is 268 Å². The van der Waals surface area contributed by atoms with Gasteiger partial charge in [0, 0.05) is 158 Å². The van der Waals surface area contributed by atoms with Crippen molar-refractivity contribution < 1.29 is 101 Å². The van der Waals surface area contributed by atoms with Crippen LogP contribution in [0, 0.1) is 7.43 Å². The average molecular weight is 1690 g/mol. The molecule has 108 heavy (non-hydrogen) atoms. The number of hydrogen-bond acceptors (Lipinski definition) is 22. The fourth-order valence-electron chi connectivity index (χ4n) is 12.4. The van der Waals surface area contributed by atoms with Crippen molar-refractivity contribution in [3.8, 4) is 23.5 Å². The summed E-state index contributed by atoms with van der Waals surface area (Å²) in [4.78, 5) is 52.5. The number of aliphatic hydroxyl groups excluding tert-OH is 1. The molecular formula is C79H120BBrClN8O17Pd-. The molecule has 25 nitrogen and oxygen atoms in total. The van der Waals surface area contributed by atoms with E-state index in [2.05, 4.69) is 104 Å². The molecule has 4 saturated carbocycles. The van der Waals surface area contributed by atoms with Crippen LogP contribution in [0.1, 0.15) is 208 Å². The Kier molecular flexibility index (Phi) is 37.8. The number of amides is 3. The van der Waals surface area contributed by atoms with Crippen LogP contribution in [-0.4, -0.2) is 187 Å². The Hall–Kier alpha value is -5.73. The number of aromatic nitrogens is 4. The first-order valence-electron chi connectivity index (χ1n) is 37.3. The molecule has 13 rings (SSSR count). The molecule has 3 saturated heterocycles. The first kappa shape index (κ1) is 92.9. The topological polar surface area (TPSA) is 305 Å². The second-order valence-corrected chi connectivity index (χ2v) is 32.5. The average Bonchev–Trinajstić information content (AvgIpc) is 1.65. The fourth-order valence-corrected chi connectivity index (χ4v) is 12.8. The number of aliphatic hydroxyl groups is 1. The number of carbonyl (C=O) groups is 3. The number of carbonyl (C=O) groups excluding carboxylic acids is 3. The molecule has 0 atom stereocenters. The van der Waals surface area contributed by atoms with Crippen LogP contribution in [0.3, 0.4) is 0 Å². The molecule has 4 aromatic rings. The Morgan fingerprint density at radius 1 is 0.509 bits per heavy atom. The Bertz CT molecular complexity index is 3420. The normalized spacial score (nSPS) is 23.9. The van der Waals surface area contributed by atoms with Crippen molar-refractivity contribution in [3.05, 3.63) is 120 Å². The molecule has 606 valence electrons. The second-order valence-electron chi connectivity index (χ2n) is 31.6. The fraction of sp³-hybridized carbons (Fsp3) is 0.646. The molecular weight excluding hydrogens is 1570 g/mol. The Labute approximate surface area is 669 Å². The van der Waals surface area contributed by atoms with Gasteiger partial charge in [-0.3, -0.25) is 0 Å². The van der Waals surface area contributed by atoms with Crippen LogP contribution >= 0.6 is 28.3 Å². The molecule has 9 aliphatic rings. The van der Waals surface area contributed by atoms with Gasteiger partial charge < -0.3 is 95.6 Å².